The summed E-state index contributed by atoms with van der Waals surface area (Å²) >= 11 is 12.1. The smallest absolute Gasteiger partial charge is 0.270 e. The van der Waals surface area contributed by atoms with Crippen LogP contribution >= 0.6 is 23.2 Å². The van der Waals surface area contributed by atoms with E-state index < -0.39 is 4.92 Å². The lowest BCUT2D eigenvalue weighted by molar-refractivity contribution is -0.384. The van der Waals surface area contributed by atoms with E-state index >= 15 is 0 Å². The van der Waals surface area contributed by atoms with Gasteiger partial charge in [0, 0.05) is 51.6 Å². The number of aromatic nitrogens is 1. The lowest BCUT2D eigenvalue weighted by Crippen LogP contribution is -2.47. The molecule has 0 radical (unpaired) electrons. The highest BCUT2D eigenvalue weighted by Crippen LogP contribution is 2.30. The first kappa shape index (κ1) is 19.2. The van der Waals surface area contributed by atoms with Gasteiger partial charge in [0.25, 0.3) is 11.6 Å². The van der Waals surface area contributed by atoms with Crippen LogP contribution in [0.5, 0.6) is 0 Å². The van der Waals surface area contributed by atoms with Crippen LogP contribution in [0, 0.1) is 10.1 Å². The monoisotopic (exact) mass is 409 g/mol. The number of benzene rings is 1. The Bertz CT molecular complexity index is 885. The third-order valence-corrected chi connectivity index (χ3v) is 4.86. The number of piperazine rings is 1. The van der Waals surface area contributed by atoms with Crippen LogP contribution in [0.4, 0.5) is 17.2 Å². The molecule has 0 aliphatic carbocycles. The van der Waals surface area contributed by atoms with Crippen LogP contribution in [0.25, 0.3) is 0 Å². The lowest BCUT2D eigenvalue weighted by atomic mass is 10.1. The molecular weight excluding hydrogens is 393 g/mol. The van der Waals surface area contributed by atoms with Gasteiger partial charge in [0.2, 0.25) is 0 Å². The Morgan fingerprint density at radius 1 is 1.19 bits per heavy atom. The fraction of sp³-hybridized carbons (Fsp3) is 0.294. The predicted molar refractivity (Wildman–Crippen MR) is 105 cm³/mol. The molecule has 1 aromatic carbocycles. The average Bonchev–Trinajstić information content (AvgIpc) is 2.67. The minimum atomic E-state index is -0.512. The van der Waals surface area contributed by atoms with E-state index in [4.69, 9.17) is 23.2 Å². The predicted octanol–water partition coefficient (Wildman–Crippen LogP) is 2.98. The van der Waals surface area contributed by atoms with Crippen LogP contribution < -0.4 is 15.1 Å². The Morgan fingerprint density at radius 3 is 2.44 bits per heavy atom. The molecule has 1 fully saturated rings. The van der Waals surface area contributed by atoms with Crippen LogP contribution in [-0.2, 0) is 0 Å². The van der Waals surface area contributed by atoms with Gasteiger partial charge in [0.05, 0.1) is 26.2 Å². The molecule has 142 valence electrons. The number of non-ortho nitro benzene ring substituents is 1. The van der Waals surface area contributed by atoms with Crippen molar-refractivity contribution >= 4 is 46.3 Å². The Hall–Kier alpha value is -2.58. The van der Waals surface area contributed by atoms with Gasteiger partial charge in [-0.05, 0) is 12.1 Å². The number of amides is 1. The third-order valence-electron chi connectivity index (χ3n) is 4.37. The maximum atomic E-state index is 12.2. The number of pyridine rings is 1. The number of nitrogens with one attached hydrogen (secondary N) is 1. The number of hydrogen-bond donors (Lipinski definition) is 1. The van der Waals surface area contributed by atoms with Crippen molar-refractivity contribution < 1.29 is 9.72 Å². The minimum absolute atomic E-state index is 0.117. The summed E-state index contributed by atoms with van der Waals surface area (Å²) in [4.78, 5) is 31.1. The normalized spacial score (nSPS) is 14.2. The van der Waals surface area contributed by atoms with E-state index in [0.29, 0.717) is 47.7 Å². The van der Waals surface area contributed by atoms with Gasteiger partial charge in [-0.1, -0.05) is 23.2 Å². The van der Waals surface area contributed by atoms with Crippen LogP contribution in [0.3, 0.4) is 0 Å². The lowest BCUT2D eigenvalue weighted by Gasteiger charge is -2.37. The number of nitro benzene ring substituents is 1. The highest BCUT2D eigenvalue weighted by Gasteiger charge is 2.24. The van der Waals surface area contributed by atoms with Gasteiger partial charge in [-0.25, -0.2) is 4.98 Å². The summed E-state index contributed by atoms with van der Waals surface area (Å²) in [5.74, 6) is 0.300. The number of anilines is 2. The van der Waals surface area contributed by atoms with Crippen molar-refractivity contribution in [2.24, 2.45) is 0 Å². The minimum Gasteiger partial charge on any atom is -0.367 e. The zero-order chi connectivity index (χ0) is 19.6. The molecule has 3 rings (SSSR count). The highest BCUT2D eigenvalue weighted by molar-refractivity contribution is 6.36. The van der Waals surface area contributed by atoms with Crippen molar-refractivity contribution in [3.8, 4) is 0 Å². The first-order valence-electron chi connectivity index (χ1n) is 8.22. The molecule has 1 saturated heterocycles. The molecule has 2 aromatic rings. The highest BCUT2D eigenvalue weighted by atomic mass is 35.5. The van der Waals surface area contributed by atoms with Gasteiger partial charge in [-0.15, -0.1) is 0 Å². The summed E-state index contributed by atoms with van der Waals surface area (Å²) in [5, 5.41) is 14.5. The molecule has 2 heterocycles. The summed E-state index contributed by atoms with van der Waals surface area (Å²) in [7, 11) is 1.50. The molecule has 10 heteroatoms. The van der Waals surface area contributed by atoms with Crippen molar-refractivity contribution in [2.45, 2.75) is 0 Å². The standard InChI is InChI=1S/C17H17Cl2N5O3/c1-20-17(25)13-9-12(24(26)27)2-3-15(13)22-4-6-23(7-5-22)16-14(19)8-11(18)10-21-16/h2-3,8-10H,4-7H2,1H3,(H,20,25). The molecule has 1 amide bonds. The molecule has 1 aliphatic rings. The SMILES string of the molecule is CNC(=O)c1cc([N+](=O)[O-])ccc1N1CCN(c2ncc(Cl)cc2Cl)CC1. The fourth-order valence-electron chi connectivity index (χ4n) is 3.03. The van der Waals surface area contributed by atoms with Crippen molar-refractivity contribution in [2.75, 3.05) is 43.0 Å². The summed E-state index contributed by atoms with van der Waals surface area (Å²) in [6.07, 6.45) is 1.55. The van der Waals surface area contributed by atoms with Crippen LogP contribution in [0.2, 0.25) is 10.0 Å². The maximum absolute atomic E-state index is 12.2. The quantitative estimate of drug-likeness (QED) is 0.616. The van der Waals surface area contributed by atoms with E-state index in [-0.39, 0.29) is 17.2 Å². The number of nitrogens with zero attached hydrogens (tertiary/aromatic N) is 4. The topological polar surface area (TPSA) is 91.6 Å². The number of halogens is 2. The van der Waals surface area contributed by atoms with E-state index in [1.807, 2.05) is 9.80 Å². The summed E-state index contributed by atoms with van der Waals surface area (Å²) in [6.45, 7) is 2.50. The summed E-state index contributed by atoms with van der Waals surface area (Å²) in [6, 6.07) is 5.98. The summed E-state index contributed by atoms with van der Waals surface area (Å²) < 4.78 is 0. The molecule has 8 nitrogen and oxygen atoms in total. The molecule has 1 aromatic heterocycles. The third kappa shape index (κ3) is 4.06. The Labute approximate surface area is 165 Å². The second-order valence-corrected chi connectivity index (χ2v) is 6.81. The van der Waals surface area contributed by atoms with Gasteiger partial charge < -0.3 is 15.1 Å². The molecule has 0 unspecified atom stereocenters. The second-order valence-electron chi connectivity index (χ2n) is 5.97. The van der Waals surface area contributed by atoms with E-state index in [9.17, 15) is 14.9 Å². The molecular formula is C17H17Cl2N5O3. The molecule has 1 aliphatic heterocycles. The molecule has 0 saturated carbocycles. The van der Waals surface area contributed by atoms with Crippen molar-refractivity contribution in [1.82, 2.24) is 10.3 Å². The van der Waals surface area contributed by atoms with E-state index in [1.54, 1.807) is 18.3 Å². The van der Waals surface area contributed by atoms with Crippen LogP contribution in [-0.4, -0.2) is 49.0 Å². The van der Waals surface area contributed by atoms with Crippen molar-refractivity contribution in [1.29, 1.82) is 0 Å². The van der Waals surface area contributed by atoms with Crippen LogP contribution in [0.15, 0.2) is 30.5 Å². The van der Waals surface area contributed by atoms with Gasteiger partial charge in [0.1, 0.15) is 5.82 Å². The molecule has 0 atom stereocenters. The zero-order valence-corrected chi connectivity index (χ0v) is 16.0. The number of carbonyl (C=O) groups is 1. The first-order chi connectivity index (χ1) is 12.9. The average molecular weight is 410 g/mol. The number of carbonyl (C=O) groups excluding carboxylic acids is 1. The molecule has 1 N–H and O–H groups in total. The fourth-order valence-corrected chi connectivity index (χ4v) is 3.53. The Morgan fingerprint density at radius 2 is 1.85 bits per heavy atom. The number of rotatable bonds is 4. The van der Waals surface area contributed by atoms with E-state index in [2.05, 4.69) is 10.3 Å². The molecule has 0 bridgehead atoms. The Kier molecular flexibility index (Phi) is 5.67. The first-order valence-corrected chi connectivity index (χ1v) is 8.97. The second kappa shape index (κ2) is 7.98. The van der Waals surface area contributed by atoms with E-state index in [0.717, 1.165) is 0 Å². The van der Waals surface area contributed by atoms with Gasteiger partial charge in [0.15, 0.2) is 0 Å². The zero-order valence-electron chi connectivity index (χ0n) is 14.5. The van der Waals surface area contributed by atoms with Gasteiger partial charge in [-0.2, -0.15) is 0 Å². The largest absolute Gasteiger partial charge is 0.367 e. The van der Waals surface area contributed by atoms with Gasteiger partial charge in [-0.3, -0.25) is 14.9 Å². The van der Waals surface area contributed by atoms with Crippen LogP contribution in [0.1, 0.15) is 10.4 Å². The number of nitro groups is 1. The van der Waals surface area contributed by atoms with E-state index in [1.165, 1.54) is 19.2 Å². The van der Waals surface area contributed by atoms with Crippen molar-refractivity contribution in [3.63, 3.8) is 0 Å². The Balaban J connectivity index is 1.81. The summed E-state index contributed by atoms with van der Waals surface area (Å²) in [5.41, 5.74) is 0.825. The van der Waals surface area contributed by atoms with Crippen molar-refractivity contribution in [3.05, 3.63) is 56.2 Å². The van der Waals surface area contributed by atoms with Gasteiger partial charge >= 0.3 is 0 Å². The molecule has 0 spiro atoms. The number of hydrogen-bond acceptors (Lipinski definition) is 6. The molecule has 27 heavy (non-hydrogen) atoms. The maximum Gasteiger partial charge on any atom is 0.270 e.